The van der Waals surface area contributed by atoms with Crippen molar-refractivity contribution in [1.82, 2.24) is 30.5 Å². The minimum atomic E-state index is -0.886. The predicted molar refractivity (Wildman–Crippen MR) is 124 cm³/mol. The average molecular weight is 487 g/mol. The van der Waals surface area contributed by atoms with Crippen LogP contribution < -0.4 is 10.7 Å². The Balaban J connectivity index is 1.26. The molecule has 2 N–H and O–H groups in total. The lowest BCUT2D eigenvalue weighted by atomic mass is 9.77. The van der Waals surface area contributed by atoms with E-state index >= 15 is 0 Å². The van der Waals surface area contributed by atoms with E-state index in [1.165, 1.54) is 18.2 Å². The Morgan fingerprint density at radius 3 is 2.68 bits per heavy atom. The molecule has 1 saturated heterocycles. The smallest absolute Gasteiger partial charge is 0.344 e. The number of hydrogen-bond donors (Lipinski definition) is 2. The number of carbonyl (C=O) groups is 3. The Morgan fingerprint density at radius 2 is 1.97 bits per heavy atom. The van der Waals surface area contributed by atoms with Crippen LogP contribution in [0.25, 0.3) is 11.6 Å². The van der Waals surface area contributed by atoms with Gasteiger partial charge in [-0.1, -0.05) is 37.9 Å². The lowest BCUT2D eigenvalue weighted by Crippen LogP contribution is -2.51. The van der Waals surface area contributed by atoms with Crippen molar-refractivity contribution in [3.8, 4) is 11.6 Å². The van der Waals surface area contributed by atoms with Gasteiger partial charge < -0.3 is 9.73 Å². The Labute approximate surface area is 202 Å². The van der Waals surface area contributed by atoms with Crippen LogP contribution in [0, 0.1) is 5.92 Å². The maximum absolute atomic E-state index is 13.0. The number of carbonyl (C=O) groups excluding carboxylic acids is 3. The van der Waals surface area contributed by atoms with Crippen molar-refractivity contribution in [2.45, 2.75) is 81.4 Å². The fourth-order valence-corrected chi connectivity index (χ4v) is 6.02. The van der Waals surface area contributed by atoms with Crippen molar-refractivity contribution < 1.29 is 18.8 Å². The lowest BCUT2D eigenvalue weighted by molar-refractivity contribution is -0.139. The Hall–Kier alpha value is -2.82. The van der Waals surface area contributed by atoms with Crippen LogP contribution in [-0.4, -0.2) is 48.9 Å². The highest BCUT2D eigenvalue weighted by Crippen LogP contribution is 2.37. The van der Waals surface area contributed by atoms with Gasteiger partial charge in [0, 0.05) is 6.04 Å². The number of rotatable bonds is 6. The Bertz CT molecular complexity index is 1050. The number of nitrogens with one attached hydrogen (secondary N) is 2. The number of imide groups is 1. The number of hydrazine groups is 1. The van der Waals surface area contributed by atoms with Crippen LogP contribution >= 0.6 is 11.8 Å². The quantitative estimate of drug-likeness (QED) is 0.472. The zero-order chi connectivity index (χ0) is 23.7. The number of hydrogen-bond acceptors (Lipinski definition) is 7. The second-order valence-corrected chi connectivity index (χ2v) is 10.5. The van der Waals surface area contributed by atoms with Gasteiger partial charge in [0.05, 0.1) is 12.0 Å². The van der Waals surface area contributed by atoms with Crippen LogP contribution in [0.1, 0.15) is 70.8 Å². The first-order valence-corrected chi connectivity index (χ1v) is 13.0. The molecule has 0 aromatic carbocycles. The summed E-state index contributed by atoms with van der Waals surface area (Å²) in [6.45, 7) is 2.15. The van der Waals surface area contributed by atoms with E-state index in [4.69, 9.17) is 4.42 Å². The van der Waals surface area contributed by atoms with Crippen molar-refractivity contribution >= 4 is 29.6 Å². The van der Waals surface area contributed by atoms with Crippen molar-refractivity contribution in [3.05, 3.63) is 18.4 Å². The summed E-state index contributed by atoms with van der Waals surface area (Å²) in [7, 11) is 0. The summed E-state index contributed by atoms with van der Waals surface area (Å²) in [6, 6.07) is 3.34. The van der Waals surface area contributed by atoms with Gasteiger partial charge >= 0.3 is 6.03 Å². The molecule has 2 aliphatic carbocycles. The van der Waals surface area contributed by atoms with Crippen LogP contribution in [0.3, 0.4) is 0 Å². The van der Waals surface area contributed by atoms with Crippen LogP contribution in [0.5, 0.6) is 0 Å². The molecule has 1 aliphatic heterocycles. The van der Waals surface area contributed by atoms with Gasteiger partial charge in [-0.2, -0.15) is 5.01 Å². The van der Waals surface area contributed by atoms with Gasteiger partial charge in [-0.05, 0) is 56.6 Å². The minimum Gasteiger partial charge on any atom is -0.461 e. The highest BCUT2D eigenvalue weighted by Gasteiger charge is 2.52. The number of urea groups is 1. The molecule has 11 heteroatoms. The van der Waals surface area contributed by atoms with Crippen molar-refractivity contribution in [2.75, 3.05) is 5.75 Å². The van der Waals surface area contributed by atoms with Crippen LogP contribution in [0.4, 0.5) is 4.79 Å². The summed E-state index contributed by atoms with van der Waals surface area (Å²) in [5.74, 6) is 1.02. The SMILES string of the molecule is CC1CCC2(CC1)NC(=O)N(NC(=O)CSc1nnc(-c3ccco3)n1C1CCCCC1)C2=O. The van der Waals surface area contributed by atoms with E-state index < -0.39 is 17.5 Å². The molecular formula is C23H30N6O4S. The van der Waals surface area contributed by atoms with Gasteiger partial charge in [-0.15, -0.1) is 10.2 Å². The molecule has 0 radical (unpaired) electrons. The first-order chi connectivity index (χ1) is 16.5. The van der Waals surface area contributed by atoms with E-state index in [1.54, 1.807) is 6.26 Å². The third-order valence-corrected chi connectivity index (χ3v) is 8.15. The normalized spacial score (nSPS) is 25.7. The van der Waals surface area contributed by atoms with Gasteiger partial charge in [0.15, 0.2) is 10.9 Å². The number of nitrogens with zero attached hydrogens (tertiary/aromatic N) is 4. The molecule has 0 atom stereocenters. The summed E-state index contributed by atoms with van der Waals surface area (Å²) >= 11 is 1.25. The minimum absolute atomic E-state index is 0.00407. The monoisotopic (exact) mass is 486 g/mol. The fraction of sp³-hybridized carbons (Fsp3) is 0.609. The van der Waals surface area contributed by atoms with Gasteiger partial charge in [0.1, 0.15) is 5.54 Å². The zero-order valence-corrected chi connectivity index (χ0v) is 20.1. The molecule has 1 spiro atoms. The van der Waals surface area contributed by atoms with Gasteiger partial charge in [-0.3, -0.25) is 19.6 Å². The molecule has 0 unspecified atom stereocenters. The van der Waals surface area contributed by atoms with Gasteiger partial charge in [0.2, 0.25) is 11.7 Å². The van der Waals surface area contributed by atoms with E-state index in [0.29, 0.717) is 35.5 Å². The van der Waals surface area contributed by atoms with Gasteiger partial charge in [-0.25, -0.2) is 4.79 Å². The second kappa shape index (κ2) is 9.44. The molecule has 182 valence electrons. The number of furan rings is 1. The van der Waals surface area contributed by atoms with Crippen molar-refractivity contribution in [3.63, 3.8) is 0 Å². The molecule has 34 heavy (non-hydrogen) atoms. The molecule has 2 aromatic heterocycles. The van der Waals surface area contributed by atoms with E-state index in [-0.39, 0.29) is 17.7 Å². The molecule has 3 heterocycles. The van der Waals surface area contributed by atoms with Crippen LogP contribution in [-0.2, 0) is 9.59 Å². The highest BCUT2D eigenvalue weighted by atomic mass is 32.2. The highest BCUT2D eigenvalue weighted by molar-refractivity contribution is 7.99. The molecule has 10 nitrogen and oxygen atoms in total. The van der Waals surface area contributed by atoms with E-state index in [9.17, 15) is 14.4 Å². The topological polar surface area (TPSA) is 122 Å². The molecule has 3 aliphatic rings. The summed E-state index contributed by atoms with van der Waals surface area (Å²) in [5.41, 5.74) is 1.62. The number of thioether (sulfide) groups is 1. The fourth-order valence-electron chi connectivity index (χ4n) is 5.22. The molecule has 3 fully saturated rings. The molecular weight excluding hydrogens is 456 g/mol. The molecule has 2 saturated carbocycles. The number of aromatic nitrogens is 3. The third-order valence-electron chi connectivity index (χ3n) is 7.20. The van der Waals surface area contributed by atoms with E-state index in [0.717, 1.165) is 43.5 Å². The third kappa shape index (κ3) is 4.33. The summed E-state index contributed by atoms with van der Waals surface area (Å²) in [4.78, 5) is 38.2. The van der Waals surface area contributed by atoms with Crippen molar-refractivity contribution in [1.29, 1.82) is 0 Å². The van der Waals surface area contributed by atoms with Crippen LogP contribution in [0.15, 0.2) is 28.0 Å². The maximum Gasteiger partial charge on any atom is 0.344 e. The molecule has 2 aromatic rings. The second-order valence-electron chi connectivity index (χ2n) is 9.60. The standard InChI is InChI=1S/C23H30N6O4S/c1-15-9-11-23(12-10-15)20(31)29(21(32)24-23)27-18(30)14-34-22-26-25-19(17-8-5-13-33-17)28(22)16-6-3-2-4-7-16/h5,8,13,15-16H,2-4,6-7,9-12,14H2,1H3,(H,24,32)(H,27,30). The Morgan fingerprint density at radius 1 is 1.21 bits per heavy atom. The van der Waals surface area contributed by atoms with E-state index in [1.807, 2.05) is 12.1 Å². The van der Waals surface area contributed by atoms with Crippen molar-refractivity contribution in [2.24, 2.45) is 5.92 Å². The largest absolute Gasteiger partial charge is 0.461 e. The zero-order valence-electron chi connectivity index (χ0n) is 19.3. The molecule has 0 bridgehead atoms. The van der Waals surface area contributed by atoms with E-state index in [2.05, 4.69) is 32.4 Å². The Kier molecular flexibility index (Phi) is 6.37. The predicted octanol–water partition coefficient (Wildman–Crippen LogP) is 3.67. The van der Waals surface area contributed by atoms with Gasteiger partial charge in [0.25, 0.3) is 5.91 Å². The number of amides is 4. The maximum atomic E-state index is 13.0. The average Bonchev–Trinajstić information content (AvgIpc) is 3.56. The summed E-state index contributed by atoms with van der Waals surface area (Å²) in [6.07, 6.45) is 10.1. The molecule has 5 rings (SSSR count). The first-order valence-electron chi connectivity index (χ1n) is 12.0. The summed E-state index contributed by atoms with van der Waals surface area (Å²) in [5, 5.41) is 13.0. The summed E-state index contributed by atoms with van der Waals surface area (Å²) < 4.78 is 7.63. The molecule has 4 amide bonds. The lowest BCUT2D eigenvalue weighted by Gasteiger charge is -2.33. The van der Waals surface area contributed by atoms with Crippen LogP contribution in [0.2, 0.25) is 0 Å². The first kappa shape index (κ1) is 22.9.